The molecule has 0 radical (unpaired) electrons. The van der Waals surface area contributed by atoms with Crippen molar-refractivity contribution in [2.45, 2.75) is 79.8 Å². The van der Waals surface area contributed by atoms with Crippen molar-refractivity contribution in [2.24, 2.45) is 17.3 Å². The number of hydrogen-bond donors (Lipinski definition) is 2. The second-order valence-electron chi connectivity index (χ2n) is 10.9. The first-order chi connectivity index (χ1) is 15.7. The molecule has 0 spiro atoms. The summed E-state index contributed by atoms with van der Waals surface area (Å²) >= 11 is 0. The Bertz CT molecular complexity index is 848. The van der Waals surface area contributed by atoms with Gasteiger partial charge < -0.3 is 15.4 Å². The number of carbonyl (C=O) groups excluding carboxylic acids is 2. The van der Waals surface area contributed by atoms with Gasteiger partial charge in [0.1, 0.15) is 0 Å². The first-order valence-electron chi connectivity index (χ1n) is 12.3. The van der Waals surface area contributed by atoms with E-state index in [0.29, 0.717) is 18.1 Å². The lowest BCUT2D eigenvalue weighted by Crippen LogP contribution is -2.56. The zero-order valence-electron chi connectivity index (χ0n) is 22.9. The van der Waals surface area contributed by atoms with Gasteiger partial charge in [-0.25, -0.2) is 4.79 Å². The molecule has 1 aromatic rings. The highest BCUT2D eigenvalue weighted by Crippen LogP contribution is 2.29. The molecule has 34 heavy (non-hydrogen) atoms. The molecule has 1 rings (SSSR count). The van der Waals surface area contributed by atoms with Crippen molar-refractivity contribution in [3.63, 3.8) is 0 Å². The second-order valence-corrected chi connectivity index (χ2v) is 10.9. The molecule has 2 N–H and O–H groups in total. The SMILES string of the molecule is CCOC(=O)/C(C)=C/[C@@H](/C=C/[C@@H](NC(=O)[C@@H](NC)C(C)(C)c1ccccc1)C(C)(C)C)C(C)C. The van der Waals surface area contributed by atoms with E-state index in [4.69, 9.17) is 4.74 Å². The molecule has 0 saturated heterocycles. The molecule has 0 heterocycles. The average molecular weight is 471 g/mol. The minimum absolute atomic E-state index is 0.0414. The van der Waals surface area contributed by atoms with Crippen LogP contribution in [0.2, 0.25) is 0 Å². The molecule has 3 atom stereocenters. The summed E-state index contributed by atoms with van der Waals surface area (Å²) in [6.45, 7) is 18.7. The van der Waals surface area contributed by atoms with Gasteiger partial charge in [-0.2, -0.15) is 0 Å². The Morgan fingerprint density at radius 2 is 1.62 bits per heavy atom. The van der Waals surface area contributed by atoms with Crippen molar-refractivity contribution in [1.82, 2.24) is 10.6 Å². The first-order valence-corrected chi connectivity index (χ1v) is 12.3. The van der Waals surface area contributed by atoms with Crippen molar-refractivity contribution >= 4 is 11.9 Å². The van der Waals surface area contributed by atoms with Crippen LogP contribution in [-0.4, -0.2) is 37.6 Å². The van der Waals surface area contributed by atoms with Crippen LogP contribution in [0.4, 0.5) is 0 Å². The van der Waals surface area contributed by atoms with Gasteiger partial charge >= 0.3 is 5.97 Å². The summed E-state index contributed by atoms with van der Waals surface area (Å²) < 4.78 is 5.13. The third-order valence-corrected chi connectivity index (χ3v) is 6.36. The lowest BCUT2D eigenvalue weighted by atomic mass is 9.76. The van der Waals surface area contributed by atoms with E-state index in [1.54, 1.807) is 13.8 Å². The third kappa shape index (κ3) is 8.43. The fraction of sp³-hybridized carbons (Fsp3) is 0.586. The van der Waals surface area contributed by atoms with Gasteiger partial charge in [-0.05, 0) is 43.7 Å². The summed E-state index contributed by atoms with van der Waals surface area (Å²) in [4.78, 5) is 25.6. The van der Waals surface area contributed by atoms with Gasteiger partial charge in [0.15, 0.2) is 0 Å². The molecule has 5 nitrogen and oxygen atoms in total. The Morgan fingerprint density at radius 1 is 1.03 bits per heavy atom. The average Bonchev–Trinajstić information content (AvgIpc) is 2.75. The molecular weight excluding hydrogens is 424 g/mol. The van der Waals surface area contributed by atoms with E-state index in [-0.39, 0.29) is 29.3 Å². The van der Waals surface area contributed by atoms with Gasteiger partial charge in [0, 0.05) is 11.0 Å². The summed E-state index contributed by atoms with van der Waals surface area (Å²) in [6.07, 6.45) is 6.12. The van der Waals surface area contributed by atoms with Crippen LogP contribution in [0.25, 0.3) is 0 Å². The van der Waals surface area contributed by atoms with Crippen LogP contribution in [0.1, 0.15) is 67.9 Å². The van der Waals surface area contributed by atoms with Gasteiger partial charge in [0.05, 0.1) is 18.7 Å². The standard InChI is InChI=1S/C29H46N2O3/c1-11-34-27(33)21(4)19-22(20(2)3)17-18-24(28(5,6)7)31-26(32)25(30-10)29(8,9)23-15-13-12-14-16-23/h12-20,22,24-25,30H,11H2,1-10H3,(H,31,32)/b18-17+,21-19+/t22-,24-,25-/m1/s1. The number of nitrogens with one attached hydrogen (secondary N) is 2. The Labute approximate surface area is 207 Å². The first kappa shape index (κ1) is 29.6. The zero-order valence-corrected chi connectivity index (χ0v) is 22.9. The van der Waals surface area contributed by atoms with Crippen LogP contribution in [0, 0.1) is 17.3 Å². The molecule has 0 aliphatic heterocycles. The van der Waals surface area contributed by atoms with E-state index < -0.39 is 11.5 Å². The fourth-order valence-corrected chi connectivity index (χ4v) is 3.96. The summed E-state index contributed by atoms with van der Waals surface area (Å²) in [7, 11) is 1.83. The molecule has 1 aromatic carbocycles. The van der Waals surface area contributed by atoms with E-state index in [2.05, 4.69) is 83.4 Å². The normalized spacial score (nSPS) is 15.8. The molecule has 0 fully saturated rings. The molecule has 1 amide bonds. The van der Waals surface area contributed by atoms with Crippen LogP contribution in [0.15, 0.2) is 54.1 Å². The predicted octanol–water partition coefficient (Wildman–Crippen LogP) is 5.42. The van der Waals surface area contributed by atoms with E-state index >= 15 is 0 Å². The van der Waals surface area contributed by atoms with Crippen LogP contribution in [-0.2, 0) is 19.7 Å². The van der Waals surface area contributed by atoms with Crippen molar-refractivity contribution < 1.29 is 14.3 Å². The lowest BCUT2D eigenvalue weighted by molar-refractivity contribution is -0.138. The lowest BCUT2D eigenvalue weighted by Gasteiger charge is -2.37. The quantitative estimate of drug-likeness (QED) is 0.257. The van der Waals surface area contributed by atoms with E-state index in [1.165, 1.54) is 0 Å². The van der Waals surface area contributed by atoms with Crippen LogP contribution in [0.5, 0.6) is 0 Å². The van der Waals surface area contributed by atoms with E-state index in [1.807, 2.05) is 31.3 Å². The second kappa shape index (κ2) is 12.9. The highest BCUT2D eigenvalue weighted by atomic mass is 16.5. The predicted molar refractivity (Wildman–Crippen MR) is 142 cm³/mol. The van der Waals surface area contributed by atoms with Gasteiger partial charge in [-0.15, -0.1) is 0 Å². The van der Waals surface area contributed by atoms with Crippen molar-refractivity contribution in [3.8, 4) is 0 Å². The summed E-state index contributed by atoms with van der Waals surface area (Å²) in [5, 5.41) is 6.51. The minimum Gasteiger partial charge on any atom is -0.463 e. The van der Waals surface area contributed by atoms with Crippen LogP contribution >= 0.6 is 0 Å². The fourth-order valence-electron chi connectivity index (χ4n) is 3.96. The Hall–Kier alpha value is -2.40. The number of likely N-dealkylation sites (N-methyl/N-ethyl adjacent to an activating group) is 1. The maximum Gasteiger partial charge on any atom is 0.333 e. The van der Waals surface area contributed by atoms with E-state index in [0.717, 1.165) is 5.56 Å². The topological polar surface area (TPSA) is 67.4 Å². The van der Waals surface area contributed by atoms with E-state index in [9.17, 15) is 9.59 Å². The minimum atomic E-state index is -0.403. The Kier molecular flexibility index (Phi) is 11.2. The monoisotopic (exact) mass is 470 g/mol. The highest BCUT2D eigenvalue weighted by molar-refractivity contribution is 5.87. The molecule has 0 unspecified atom stereocenters. The third-order valence-electron chi connectivity index (χ3n) is 6.36. The number of benzene rings is 1. The molecule has 0 aliphatic carbocycles. The van der Waals surface area contributed by atoms with Crippen molar-refractivity contribution in [3.05, 3.63) is 59.7 Å². The zero-order chi connectivity index (χ0) is 26.1. The number of amides is 1. The number of rotatable bonds is 11. The molecule has 0 aliphatic rings. The summed E-state index contributed by atoms with van der Waals surface area (Å²) in [5.41, 5.74) is 1.11. The van der Waals surface area contributed by atoms with Gasteiger partial charge in [0.25, 0.3) is 0 Å². The highest BCUT2D eigenvalue weighted by Gasteiger charge is 2.37. The maximum absolute atomic E-state index is 13.5. The van der Waals surface area contributed by atoms with Crippen molar-refractivity contribution in [1.29, 1.82) is 0 Å². The van der Waals surface area contributed by atoms with Crippen LogP contribution < -0.4 is 10.6 Å². The van der Waals surface area contributed by atoms with Gasteiger partial charge in [0.2, 0.25) is 5.91 Å². The number of ether oxygens (including phenoxy) is 1. The summed E-state index contributed by atoms with van der Waals surface area (Å²) in [6, 6.07) is 9.52. The summed E-state index contributed by atoms with van der Waals surface area (Å²) in [5.74, 6) is 0.00790. The smallest absolute Gasteiger partial charge is 0.333 e. The number of carbonyl (C=O) groups is 2. The van der Waals surface area contributed by atoms with Crippen molar-refractivity contribution in [2.75, 3.05) is 13.7 Å². The largest absolute Gasteiger partial charge is 0.463 e. The van der Waals surface area contributed by atoms with Crippen LogP contribution in [0.3, 0.4) is 0 Å². The molecule has 5 heteroatoms. The molecule has 0 saturated carbocycles. The Balaban J connectivity index is 3.17. The number of allylic oxidation sites excluding steroid dienone is 2. The van der Waals surface area contributed by atoms with Gasteiger partial charge in [-0.1, -0.05) is 97.0 Å². The number of hydrogen-bond acceptors (Lipinski definition) is 4. The molecule has 190 valence electrons. The molecular formula is C29H46N2O3. The number of esters is 1. The molecule has 0 bridgehead atoms. The van der Waals surface area contributed by atoms with Gasteiger partial charge in [-0.3, -0.25) is 4.79 Å². The Morgan fingerprint density at radius 3 is 2.09 bits per heavy atom. The molecule has 0 aromatic heterocycles. The maximum atomic E-state index is 13.5.